The van der Waals surface area contributed by atoms with Crippen LogP contribution in [0.25, 0.3) is 0 Å². The third-order valence-corrected chi connectivity index (χ3v) is 1.06. The van der Waals surface area contributed by atoms with Gasteiger partial charge in [0.1, 0.15) is 6.29 Å². The van der Waals surface area contributed by atoms with Crippen molar-refractivity contribution in [2.24, 2.45) is 5.92 Å². The van der Waals surface area contributed by atoms with E-state index in [0.717, 1.165) is 6.29 Å². The molecule has 0 aliphatic rings. The maximum Gasteiger partial charge on any atom is 0.125 e. The van der Waals surface area contributed by atoms with Crippen molar-refractivity contribution >= 4 is 6.29 Å². The molecule has 0 saturated carbocycles. The number of aliphatic hydroxyl groups is 1. The van der Waals surface area contributed by atoms with Gasteiger partial charge >= 0.3 is 0 Å². The molecule has 60 valence electrons. The summed E-state index contributed by atoms with van der Waals surface area (Å²) in [5.74, 6) is -0.0290. The van der Waals surface area contributed by atoms with Gasteiger partial charge in [-0.05, 0) is 6.42 Å². The number of rotatable bonds is 6. The first-order valence-corrected chi connectivity index (χ1v) is 3.45. The molecule has 0 fully saturated rings. The van der Waals surface area contributed by atoms with E-state index in [1.807, 2.05) is 0 Å². The van der Waals surface area contributed by atoms with Gasteiger partial charge in [-0.15, -0.1) is 0 Å². The molecule has 0 amide bonds. The van der Waals surface area contributed by atoms with Crippen LogP contribution in [0, 0.1) is 5.92 Å². The second-order valence-corrected chi connectivity index (χ2v) is 2.27. The highest BCUT2D eigenvalue weighted by Crippen LogP contribution is 1.90. The topological polar surface area (TPSA) is 46.5 Å². The van der Waals surface area contributed by atoms with Crippen molar-refractivity contribution in [1.29, 1.82) is 0 Å². The number of carbonyl (C=O) groups excluding carboxylic acids is 1. The largest absolute Gasteiger partial charge is 0.396 e. The summed E-state index contributed by atoms with van der Waals surface area (Å²) in [6.07, 6.45) is 1.50. The minimum atomic E-state index is -0.0290. The first-order valence-electron chi connectivity index (χ1n) is 3.45. The van der Waals surface area contributed by atoms with Gasteiger partial charge in [0.15, 0.2) is 0 Å². The van der Waals surface area contributed by atoms with Crippen LogP contribution >= 0.6 is 0 Å². The Morgan fingerprint density at radius 1 is 1.70 bits per heavy atom. The van der Waals surface area contributed by atoms with E-state index in [4.69, 9.17) is 9.84 Å². The molecule has 10 heavy (non-hydrogen) atoms. The Morgan fingerprint density at radius 3 is 2.90 bits per heavy atom. The number of hydrogen-bond acceptors (Lipinski definition) is 3. The van der Waals surface area contributed by atoms with Crippen molar-refractivity contribution in [2.75, 3.05) is 19.8 Å². The van der Waals surface area contributed by atoms with E-state index in [0.29, 0.717) is 19.6 Å². The Balaban J connectivity index is 2.95. The summed E-state index contributed by atoms with van der Waals surface area (Å²) >= 11 is 0. The van der Waals surface area contributed by atoms with Crippen LogP contribution in [0.15, 0.2) is 0 Å². The molecule has 0 aromatic rings. The fourth-order valence-corrected chi connectivity index (χ4v) is 0.475. The Morgan fingerprint density at radius 2 is 2.40 bits per heavy atom. The lowest BCUT2D eigenvalue weighted by molar-refractivity contribution is -0.112. The lowest BCUT2D eigenvalue weighted by Crippen LogP contribution is -2.08. The van der Waals surface area contributed by atoms with Gasteiger partial charge in [-0.3, -0.25) is 0 Å². The van der Waals surface area contributed by atoms with Crippen LogP contribution in [0.2, 0.25) is 0 Å². The summed E-state index contributed by atoms with van der Waals surface area (Å²) in [4.78, 5) is 10.0. The summed E-state index contributed by atoms with van der Waals surface area (Å²) in [6.45, 7) is 2.94. The summed E-state index contributed by atoms with van der Waals surface area (Å²) in [5, 5.41) is 8.34. The Labute approximate surface area is 61.0 Å². The molecule has 0 saturated heterocycles. The van der Waals surface area contributed by atoms with Crippen LogP contribution in [-0.4, -0.2) is 31.2 Å². The number of ether oxygens (including phenoxy) is 1. The van der Waals surface area contributed by atoms with Crippen LogP contribution in [0.3, 0.4) is 0 Å². The van der Waals surface area contributed by atoms with Gasteiger partial charge < -0.3 is 14.6 Å². The summed E-state index contributed by atoms with van der Waals surface area (Å²) < 4.78 is 5.04. The molecule has 1 N–H and O–H groups in total. The van der Waals surface area contributed by atoms with E-state index in [2.05, 4.69) is 0 Å². The minimum Gasteiger partial charge on any atom is -0.396 e. The average molecular weight is 146 g/mol. The highest BCUT2D eigenvalue weighted by atomic mass is 16.5. The maximum absolute atomic E-state index is 10.0. The zero-order chi connectivity index (χ0) is 7.82. The quantitative estimate of drug-likeness (QED) is 0.430. The molecular formula is C7H14O3. The van der Waals surface area contributed by atoms with Gasteiger partial charge in [0.05, 0.1) is 6.61 Å². The number of aliphatic hydroxyl groups excluding tert-OH is 1. The predicted molar refractivity (Wildman–Crippen MR) is 37.7 cm³/mol. The van der Waals surface area contributed by atoms with Crippen LogP contribution in [-0.2, 0) is 9.53 Å². The Kier molecular flexibility index (Phi) is 6.43. The zero-order valence-electron chi connectivity index (χ0n) is 6.25. The molecule has 0 aliphatic carbocycles. The van der Waals surface area contributed by atoms with Crippen molar-refractivity contribution in [3.63, 3.8) is 0 Å². The standard InChI is InChI=1S/C7H14O3/c1-7(5-9)6-10-4-2-3-8/h5,7-8H,2-4,6H2,1H3. The van der Waals surface area contributed by atoms with Crippen LogP contribution in [0.1, 0.15) is 13.3 Å². The molecule has 1 unspecified atom stereocenters. The fourth-order valence-electron chi connectivity index (χ4n) is 0.475. The van der Waals surface area contributed by atoms with Crippen molar-refractivity contribution in [1.82, 2.24) is 0 Å². The lowest BCUT2D eigenvalue weighted by Gasteiger charge is -2.03. The smallest absolute Gasteiger partial charge is 0.125 e. The molecule has 0 aliphatic heterocycles. The molecule has 0 rings (SSSR count). The number of hydrogen-bond donors (Lipinski definition) is 1. The molecular weight excluding hydrogens is 132 g/mol. The monoisotopic (exact) mass is 146 g/mol. The van der Waals surface area contributed by atoms with Gasteiger partial charge in [0.25, 0.3) is 0 Å². The van der Waals surface area contributed by atoms with Gasteiger partial charge in [-0.1, -0.05) is 6.92 Å². The van der Waals surface area contributed by atoms with Gasteiger partial charge in [0, 0.05) is 19.1 Å². The van der Waals surface area contributed by atoms with E-state index in [1.165, 1.54) is 0 Å². The Bertz CT molecular complexity index is 82.9. The molecule has 0 spiro atoms. The van der Waals surface area contributed by atoms with Crippen LogP contribution < -0.4 is 0 Å². The molecule has 3 nitrogen and oxygen atoms in total. The second kappa shape index (κ2) is 6.71. The summed E-state index contributed by atoms with van der Waals surface area (Å²) in [5.41, 5.74) is 0. The lowest BCUT2D eigenvalue weighted by atomic mass is 10.2. The van der Waals surface area contributed by atoms with Crippen LogP contribution in [0.4, 0.5) is 0 Å². The average Bonchev–Trinajstić information content (AvgIpc) is 1.98. The predicted octanol–water partition coefficient (Wildman–Crippen LogP) is 0.220. The highest BCUT2D eigenvalue weighted by molar-refractivity contribution is 5.52. The first-order chi connectivity index (χ1) is 4.81. The molecule has 1 atom stereocenters. The fraction of sp³-hybridized carbons (Fsp3) is 0.857. The number of carbonyl (C=O) groups is 1. The van der Waals surface area contributed by atoms with Crippen molar-refractivity contribution in [2.45, 2.75) is 13.3 Å². The summed E-state index contributed by atoms with van der Waals surface area (Å²) in [7, 11) is 0. The van der Waals surface area contributed by atoms with Crippen LogP contribution in [0.5, 0.6) is 0 Å². The van der Waals surface area contributed by atoms with E-state index < -0.39 is 0 Å². The van der Waals surface area contributed by atoms with E-state index >= 15 is 0 Å². The van der Waals surface area contributed by atoms with Gasteiger partial charge in [-0.25, -0.2) is 0 Å². The number of aldehydes is 1. The molecule has 0 aromatic heterocycles. The summed E-state index contributed by atoms with van der Waals surface area (Å²) in [6, 6.07) is 0. The molecule has 0 radical (unpaired) electrons. The van der Waals surface area contributed by atoms with Gasteiger partial charge in [-0.2, -0.15) is 0 Å². The van der Waals surface area contributed by atoms with E-state index in [9.17, 15) is 4.79 Å². The zero-order valence-corrected chi connectivity index (χ0v) is 6.25. The SMILES string of the molecule is CC(C=O)COCCCO. The highest BCUT2D eigenvalue weighted by Gasteiger charge is 1.97. The third kappa shape index (κ3) is 5.72. The van der Waals surface area contributed by atoms with Crippen molar-refractivity contribution in [3.8, 4) is 0 Å². The molecule has 3 heteroatoms. The first kappa shape index (κ1) is 9.59. The second-order valence-electron chi connectivity index (χ2n) is 2.27. The van der Waals surface area contributed by atoms with E-state index in [1.54, 1.807) is 6.92 Å². The molecule has 0 bridgehead atoms. The molecule has 0 aromatic carbocycles. The normalized spacial score (nSPS) is 13.0. The molecule has 0 heterocycles. The third-order valence-electron chi connectivity index (χ3n) is 1.06. The van der Waals surface area contributed by atoms with Crippen molar-refractivity contribution < 1.29 is 14.6 Å². The van der Waals surface area contributed by atoms with Gasteiger partial charge in [0.2, 0.25) is 0 Å². The van der Waals surface area contributed by atoms with E-state index in [-0.39, 0.29) is 12.5 Å². The maximum atomic E-state index is 10.0. The minimum absolute atomic E-state index is 0.0290. The van der Waals surface area contributed by atoms with Crippen molar-refractivity contribution in [3.05, 3.63) is 0 Å². The Hall–Kier alpha value is -0.410.